The number of halogens is 1. The third-order valence-electron chi connectivity index (χ3n) is 2.59. The van der Waals surface area contributed by atoms with Crippen molar-refractivity contribution in [3.8, 4) is 0 Å². The first-order chi connectivity index (χ1) is 8.18. The van der Waals surface area contributed by atoms with E-state index in [1.54, 1.807) is 11.3 Å². The number of rotatable bonds is 4. The minimum atomic E-state index is -0.842. The Morgan fingerprint density at radius 1 is 1.12 bits per heavy atom. The largest absolute Gasteiger partial charge is 0.390 e. The van der Waals surface area contributed by atoms with Crippen molar-refractivity contribution >= 4 is 27.3 Å². The SMILES string of the molecule is OC(Cc1sccc1Br)C(O)c1ccccc1. The van der Waals surface area contributed by atoms with E-state index in [9.17, 15) is 10.2 Å². The zero-order chi connectivity index (χ0) is 12.3. The molecule has 0 saturated heterocycles. The maximum absolute atomic E-state index is 10.0. The van der Waals surface area contributed by atoms with Crippen molar-refractivity contribution in [1.29, 1.82) is 0 Å². The second-order valence-corrected chi connectivity index (χ2v) is 5.67. The molecule has 0 spiro atoms. The van der Waals surface area contributed by atoms with Crippen LogP contribution in [-0.4, -0.2) is 16.3 Å². The van der Waals surface area contributed by atoms with Crippen LogP contribution in [0.25, 0.3) is 0 Å². The molecule has 4 heteroatoms. The molecule has 0 amide bonds. The highest BCUT2D eigenvalue weighted by molar-refractivity contribution is 9.10. The van der Waals surface area contributed by atoms with Crippen molar-refractivity contribution in [2.24, 2.45) is 0 Å². The first-order valence-electron chi connectivity index (χ1n) is 5.31. The Bertz CT molecular complexity index is 469. The van der Waals surface area contributed by atoms with Gasteiger partial charge in [0.2, 0.25) is 0 Å². The van der Waals surface area contributed by atoms with Gasteiger partial charge in [-0.1, -0.05) is 30.3 Å². The molecular formula is C13H13BrO2S. The number of aliphatic hydroxyl groups excluding tert-OH is 2. The molecule has 0 fully saturated rings. The minimum absolute atomic E-state index is 0.453. The average Bonchev–Trinajstić information content (AvgIpc) is 2.75. The summed E-state index contributed by atoms with van der Waals surface area (Å²) < 4.78 is 0.988. The van der Waals surface area contributed by atoms with Crippen LogP contribution in [-0.2, 0) is 6.42 Å². The van der Waals surface area contributed by atoms with Crippen LogP contribution in [0.4, 0.5) is 0 Å². The predicted molar refractivity (Wildman–Crippen MR) is 73.1 cm³/mol. The van der Waals surface area contributed by atoms with Gasteiger partial charge in [-0.25, -0.2) is 0 Å². The average molecular weight is 313 g/mol. The maximum atomic E-state index is 10.0. The highest BCUT2D eigenvalue weighted by atomic mass is 79.9. The van der Waals surface area contributed by atoms with E-state index < -0.39 is 12.2 Å². The summed E-state index contributed by atoms with van der Waals surface area (Å²) in [6.45, 7) is 0. The molecule has 0 aliphatic carbocycles. The highest BCUT2D eigenvalue weighted by Gasteiger charge is 2.19. The van der Waals surface area contributed by atoms with Crippen LogP contribution in [0, 0.1) is 0 Å². The molecule has 0 saturated carbocycles. The van der Waals surface area contributed by atoms with Gasteiger partial charge in [0, 0.05) is 15.8 Å². The van der Waals surface area contributed by atoms with Crippen LogP contribution in [0.15, 0.2) is 46.3 Å². The van der Waals surface area contributed by atoms with Crippen LogP contribution in [0.5, 0.6) is 0 Å². The fraction of sp³-hybridized carbons (Fsp3) is 0.231. The molecule has 2 aromatic rings. The van der Waals surface area contributed by atoms with E-state index in [1.165, 1.54) is 0 Å². The molecule has 2 N–H and O–H groups in total. The van der Waals surface area contributed by atoms with Gasteiger partial charge < -0.3 is 10.2 Å². The summed E-state index contributed by atoms with van der Waals surface area (Å²) >= 11 is 4.99. The Morgan fingerprint density at radius 2 is 1.82 bits per heavy atom. The molecule has 2 nitrogen and oxygen atoms in total. The minimum Gasteiger partial charge on any atom is -0.390 e. The van der Waals surface area contributed by atoms with Crippen LogP contribution in [0.1, 0.15) is 16.5 Å². The van der Waals surface area contributed by atoms with Gasteiger partial charge >= 0.3 is 0 Å². The van der Waals surface area contributed by atoms with E-state index in [2.05, 4.69) is 15.9 Å². The summed E-state index contributed by atoms with van der Waals surface area (Å²) in [5.74, 6) is 0. The number of benzene rings is 1. The molecule has 2 unspecified atom stereocenters. The van der Waals surface area contributed by atoms with Gasteiger partial charge in [0.15, 0.2) is 0 Å². The molecule has 1 aromatic heterocycles. The third kappa shape index (κ3) is 3.16. The lowest BCUT2D eigenvalue weighted by Crippen LogP contribution is -2.20. The van der Waals surface area contributed by atoms with Crippen molar-refractivity contribution < 1.29 is 10.2 Å². The van der Waals surface area contributed by atoms with E-state index in [4.69, 9.17) is 0 Å². The first kappa shape index (κ1) is 12.8. The third-order valence-corrected chi connectivity index (χ3v) is 4.54. The van der Waals surface area contributed by atoms with Crippen molar-refractivity contribution in [2.75, 3.05) is 0 Å². The summed E-state index contributed by atoms with van der Waals surface area (Å²) in [7, 11) is 0. The van der Waals surface area contributed by atoms with Crippen LogP contribution in [0.2, 0.25) is 0 Å². The van der Waals surface area contributed by atoms with E-state index in [-0.39, 0.29) is 0 Å². The smallest absolute Gasteiger partial charge is 0.105 e. The Balaban J connectivity index is 2.06. The van der Waals surface area contributed by atoms with Crippen molar-refractivity contribution in [3.05, 3.63) is 56.7 Å². The van der Waals surface area contributed by atoms with Gasteiger partial charge in [-0.3, -0.25) is 0 Å². The summed E-state index contributed by atoms with van der Waals surface area (Å²) in [5, 5.41) is 22.0. The number of hydrogen-bond acceptors (Lipinski definition) is 3. The molecule has 17 heavy (non-hydrogen) atoms. The van der Waals surface area contributed by atoms with Crippen molar-refractivity contribution in [2.45, 2.75) is 18.6 Å². The number of thiophene rings is 1. The predicted octanol–water partition coefficient (Wildman–Crippen LogP) is 3.15. The highest BCUT2D eigenvalue weighted by Crippen LogP contribution is 2.27. The molecule has 0 bridgehead atoms. The molecule has 2 atom stereocenters. The van der Waals surface area contributed by atoms with Gasteiger partial charge in [0.05, 0.1) is 6.10 Å². The maximum Gasteiger partial charge on any atom is 0.105 e. The fourth-order valence-electron chi connectivity index (χ4n) is 1.64. The second kappa shape index (κ2) is 5.78. The molecule has 1 heterocycles. The van der Waals surface area contributed by atoms with E-state index in [0.717, 1.165) is 14.9 Å². The Kier molecular flexibility index (Phi) is 4.34. The summed E-state index contributed by atoms with van der Waals surface area (Å²) in [6.07, 6.45) is -1.17. The van der Waals surface area contributed by atoms with Gasteiger partial charge in [-0.2, -0.15) is 0 Å². The van der Waals surface area contributed by atoms with Crippen LogP contribution < -0.4 is 0 Å². The lowest BCUT2D eigenvalue weighted by molar-refractivity contribution is 0.0193. The van der Waals surface area contributed by atoms with Crippen LogP contribution >= 0.6 is 27.3 Å². The Hall–Kier alpha value is -0.680. The van der Waals surface area contributed by atoms with Crippen LogP contribution in [0.3, 0.4) is 0 Å². The molecule has 90 valence electrons. The fourth-order valence-corrected chi connectivity index (χ4v) is 3.21. The molecule has 0 aliphatic heterocycles. The standard InChI is InChI=1S/C13H13BrO2S/c14-10-6-7-17-12(10)8-11(15)13(16)9-4-2-1-3-5-9/h1-7,11,13,15-16H,8H2. The monoisotopic (exact) mass is 312 g/mol. The molecular weight excluding hydrogens is 300 g/mol. The quantitative estimate of drug-likeness (QED) is 0.910. The summed E-state index contributed by atoms with van der Waals surface area (Å²) in [6, 6.07) is 11.2. The van der Waals surface area contributed by atoms with Gasteiger partial charge in [-0.15, -0.1) is 11.3 Å². The number of aliphatic hydroxyl groups is 2. The zero-order valence-corrected chi connectivity index (χ0v) is 11.5. The molecule has 0 radical (unpaired) electrons. The Morgan fingerprint density at radius 3 is 2.41 bits per heavy atom. The van der Waals surface area contributed by atoms with E-state index >= 15 is 0 Å². The van der Waals surface area contributed by atoms with E-state index in [1.807, 2.05) is 41.8 Å². The zero-order valence-electron chi connectivity index (χ0n) is 9.08. The lowest BCUT2D eigenvalue weighted by Gasteiger charge is -2.17. The Labute approximate surface area is 113 Å². The van der Waals surface area contributed by atoms with Crippen molar-refractivity contribution in [1.82, 2.24) is 0 Å². The van der Waals surface area contributed by atoms with E-state index in [0.29, 0.717) is 6.42 Å². The van der Waals surface area contributed by atoms with Gasteiger partial charge in [0.1, 0.15) is 6.10 Å². The van der Waals surface area contributed by atoms with Crippen molar-refractivity contribution in [3.63, 3.8) is 0 Å². The molecule has 2 rings (SSSR count). The van der Waals surface area contributed by atoms with Gasteiger partial charge in [-0.05, 0) is 32.9 Å². The molecule has 1 aromatic carbocycles. The lowest BCUT2D eigenvalue weighted by atomic mass is 10.0. The second-order valence-electron chi connectivity index (χ2n) is 3.82. The van der Waals surface area contributed by atoms with Gasteiger partial charge in [0.25, 0.3) is 0 Å². The normalized spacial score (nSPS) is 14.5. The number of hydrogen-bond donors (Lipinski definition) is 2. The summed E-state index contributed by atoms with van der Waals surface area (Å²) in [4.78, 5) is 1.05. The summed E-state index contributed by atoms with van der Waals surface area (Å²) in [5.41, 5.74) is 0.743. The first-order valence-corrected chi connectivity index (χ1v) is 6.98. The molecule has 0 aliphatic rings. The topological polar surface area (TPSA) is 40.5 Å².